The van der Waals surface area contributed by atoms with Crippen LogP contribution in [0.3, 0.4) is 0 Å². The van der Waals surface area contributed by atoms with Crippen molar-refractivity contribution in [3.8, 4) is 0 Å². The monoisotopic (exact) mass is 170 g/mol. The van der Waals surface area contributed by atoms with Crippen LogP contribution in [-0.4, -0.2) is 17.9 Å². The Kier molecular flexibility index (Phi) is 3.49. The van der Waals surface area contributed by atoms with Gasteiger partial charge in [-0.3, -0.25) is 0 Å². The molecule has 0 aromatic heterocycles. The average Bonchev–Trinajstić information content (AvgIpc) is 2.06. The molecule has 0 aromatic rings. The van der Waals surface area contributed by atoms with Crippen LogP contribution < -0.4 is 5.32 Å². The molecule has 0 bridgehead atoms. The van der Waals surface area contributed by atoms with Crippen LogP contribution in [-0.2, 0) is 0 Å². The fourth-order valence-electron chi connectivity index (χ4n) is 1.47. The van der Waals surface area contributed by atoms with Gasteiger partial charge in [0.05, 0.1) is 0 Å². The van der Waals surface area contributed by atoms with Crippen LogP contribution >= 0.6 is 12.2 Å². The van der Waals surface area contributed by atoms with Crippen molar-refractivity contribution < 1.29 is 0 Å². The van der Waals surface area contributed by atoms with Crippen LogP contribution in [0, 0.1) is 0 Å². The molecule has 2 nitrogen and oxygen atoms in total. The van der Waals surface area contributed by atoms with Gasteiger partial charge in [0.2, 0.25) is 0 Å². The summed E-state index contributed by atoms with van der Waals surface area (Å²) in [5, 5.41) is 3.72. The maximum absolute atomic E-state index is 4.90. The van der Waals surface area contributed by atoms with Gasteiger partial charge >= 0.3 is 0 Å². The normalized spacial score (nSPS) is 19.3. The van der Waals surface area contributed by atoms with Crippen molar-refractivity contribution in [2.45, 2.75) is 38.1 Å². The molecule has 0 spiro atoms. The lowest BCUT2D eigenvalue weighted by molar-refractivity contribution is 0.414. The molecule has 0 heterocycles. The smallest absolute Gasteiger partial charge is 0.192 e. The molecule has 0 radical (unpaired) electrons. The first-order chi connectivity index (χ1) is 5.33. The van der Waals surface area contributed by atoms with Gasteiger partial charge in [-0.1, -0.05) is 19.3 Å². The van der Waals surface area contributed by atoms with Crippen LogP contribution in [0.15, 0.2) is 4.99 Å². The van der Waals surface area contributed by atoms with Gasteiger partial charge in [-0.25, -0.2) is 4.99 Å². The molecule has 1 N–H and O–H groups in total. The van der Waals surface area contributed by atoms with Crippen LogP contribution in [0.5, 0.6) is 0 Å². The highest BCUT2D eigenvalue weighted by molar-refractivity contribution is 7.80. The van der Waals surface area contributed by atoms with Crippen molar-refractivity contribution in [1.82, 2.24) is 5.32 Å². The second-order valence-electron chi connectivity index (χ2n) is 2.94. The predicted molar refractivity (Wildman–Crippen MR) is 52.2 cm³/mol. The molecule has 0 unspecified atom stereocenters. The van der Waals surface area contributed by atoms with Gasteiger partial charge in [0, 0.05) is 6.04 Å². The summed E-state index contributed by atoms with van der Waals surface area (Å²) in [7, 11) is 0. The first-order valence-corrected chi connectivity index (χ1v) is 4.51. The maximum atomic E-state index is 4.90. The topological polar surface area (TPSA) is 24.4 Å². The van der Waals surface area contributed by atoms with E-state index in [2.05, 4.69) is 17.0 Å². The van der Waals surface area contributed by atoms with Crippen molar-refractivity contribution in [3.63, 3.8) is 0 Å². The van der Waals surface area contributed by atoms with E-state index in [1.165, 1.54) is 32.1 Å². The summed E-state index contributed by atoms with van der Waals surface area (Å²) in [6, 6.07) is 0.557. The molecule has 0 aliphatic heterocycles. The lowest BCUT2D eigenvalue weighted by Gasteiger charge is -2.22. The first-order valence-electron chi connectivity index (χ1n) is 4.10. The number of nitrogens with zero attached hydrogens (tertiary/aromatic N) is 1. The number of hydrogen-bond acceptors (Lipinski definition) is 1. The fourth-order valence-corrected chi connectivity index (χ4v) is 1.63. The second kappa shape index (κ2) is 4.44. The Hall–Kier alpha value is -0.440. The molecule has 3 heteroatoms. The molecule has 1 fully saturated rings. The van der Waals surface area contributed by atoms with E-state index >= 15 is 0 Å². The Morgan fingerprint density at radius 3 is 2.55 bits per heavy atom. The summed E-state index contributed by atoms with van der Waals surface area (Å²) in [4.78, 5) is 3.65. The molecule has 1 saturated carbocycles. The van der Waals surface area contributed by atoms with Crippen LogP contribution in [0.1, 0.15) is 32.1 Å². The van der Waals surface area contributed by atoms with Gasteiger partial charge in [-0.05, 0) is 31.8 Å². The second-order valence-corrected chi connectivity index (χ2v) is 3.33. The number of thiocarbonyl (C=S) groups is 1. The van der Waals surface area contributed by atoms with Crippen molar-refractivity contribution in [2.24, 2.45) is 4.99 Å². The lowest BCUT2D eigenvalue weighted by atomic mass is 9.96. The Morgan fingerprint density at radius 2 is 2.00 bits per heavy atom. The fraction of sp³-hybridized carbons (Fsp3) is 0.750. The van der Waals surface area contributed by atoms with E-state index in [9.17, 15) is 0 Å². The van der Waals surface area contributed by atoms with Gasteiger partial charge in [0.15, 0.2) is 5.11 Å². The molecule has 0 amide bonds. The van der Waals surface area contributed by atoms with E-state index in [0.717, 1.165) is 0 Å². The Balaban J connectivity index is 2.24. The van der Waals surface area contributed by atoms with Crippen LogP contribution in [0.4, 0.5) is 0 Å². The quantitative estimate of drug-likeness (QED) is 0.480. The van der Waals surface area contributed by atoms with Crippen molar-refractivity contribution >= 4 is 24.0 Å². The van der Waals surface area contributed by atoms with Gasteiger partial charge < -0.3 is 5.32 Å². The van der Waals surface area contributed by atoms with E-state index in [4.69, 9.17) is 12.2 Å². The molecule has 62 valence electrons. The summed E-state index contributed by atoms with van der Waals surface area (Å²) >= 11 is 4.90. The largest absolute Gasteiger partial charge is 0.358 e. The third-order valence-electron chi connectivity index (χ3n) is 2.08. The Morgan fingerprint density at radius 1 is 1.36 bits per heavy atom. The Bertz CT molecular complexity index is 150. The maximum Gasteiger partial charge on any atom is 0.192 e. The first kappa shape index (κ1) is 8.65. The zero-order valence-corrected chi connectivity index (χ0v) is 7.49. The van der Waals surface area contributed by atoms with Gasteiger partial charge in [0.25, 0.3) is 0 Å². The Labute approximate surface area is 73.1 Å². The van der Waals surface area contributed by atoms with Crippen molar-refractivity contribution in [1.29, 1.82) is 0 Å². The van der Waals surface area contributed by atoms with Gasteiger partial charge in [0.1, 0.15) is 0 Å². The third-order valence-corrected chi connectivity index (χ3v) is 2.32. The minimum Gasteiger partial charge on any atom is -0.358 e. The van der Waals surface area contributed by atoms with E-state index in [0.29, 0.717) is 11.2 Å². The van der Waals surface area contributed by atoms with Crippen LogP contribution in [0.25, 0.3) is 0 Å². The average molecular weight is 170 g/mol. The highest BCUT2D eigenvalue weighted by Crippen LogP contribution is 2.17. The molecular weight excluding hydrogens is 156 g/mol. The zero-order chi connectivity index (χ0) is 8.10. The molecule has 1 rings (SSSR count). The third kappa shape index (κ3) is 2.97. The number of hydrogen-bond donors (Lipinski definition) is 1. The highest BCUT2D eigenvalue weighted by Gasteiger charge is 2.12. The standard InChI is InChI=1S/C8H14N2S/c1-9-8(11)10-7-5-3-2-4-6-7/h7H,1-6H2,(H,10,11). The summed E-state index contributed by atoms with van der Waals surface area (Å²) < 4.78 is 0. The van der Waals surface area contributed by atoms with Crippen molar-refractivity contribution in [3.05, 3.63) is 0 Å². The molecule has 0 aromatic carbocycles. The summed E-state index contributed by atoms with van der Waals surface area (Å²) in [5.41, 5.74) is 0. The molecule has 1 aliphatic rings. The molecule has 11 heavy (non-hydrogen) atoms. The van der Waals surface area contributed by atoms with Gasteiger partial charge in [-0.15, -0.1) is 0 Å². The summed E-state index contributed by atoms with van der Waals surface area (Å²) in [5.74, 6) is 0. The number of rotatable bonds is 1. The number of nitrogens with one attached hydrogen (secondary N) is 1. The van der Waals surface area contributed by atoms with E-state index in [1.54, 1.807) is 0 Å². The summed E-state index contributed by atoms with van der Waals surface area (Å²) in [6.07, 6.45) is 6.46. The number of aliphatic imine (C=N–C) groups is 1. The molecule has 0 saturated heterocycles. The zero-order valence-electron chi connectivity index (χ0n) is 6.68. The van der Waals surface area contributed by atoms with Crippen LogP contribution in [0.2, 0.25) is 0 Å². The van der Waals surface area contributed by atoms with E-state index in [-0.39, 0.29) is 0 Å². The molecule has 1 aliphatic carbocycles. The predicted octanol–water partition coefficient (Wildman–Crippen LogP) is 1.89. The SMILES string of the molecule is C=NC(=S)NC1CCCCC1. The minimum atomic E-state index is 0.553. The van der Waals surface area contributed by atoms with E-state index in [1.807, 2.05) is 0 Å². The highest BCUT2D eigenvalue weighted by atomic mass is 32.1. The summed E-state index contributed by atoms with van der Waals surface area (Å²) in [6.45, 7) is 3.37. The minimum absolute atomic E-state index is 0.553. The molecular formula is C8H14N2S. The molecule has 0 atom stereocenters. The van der Waals surface area contributed by atoms with Crippen molar-refractivity contribution in [2.75, 3.05) is 0 Å². The lowest BCUT2D eigenvalue weighted by Crippen LogP contribution is -2.33. The van der Waals surface area contributed by atoms with Gasteiger partial charge in [-0.2, -0.15) is 0 Å². The van der Waals surface area contributed by atoms with E-state index < -0.39 is 0 Å².